The SMILES string of the molecule is Clc1ccc([Si]2(c3cccnc3)c3ccccc3-c3ccccc32)cn1. The second-order valence-electron chi connectivity index (χ2n) is 6.45. The van der Waals surface area contributed by atoms with E-state index in [9.17, 15) is 0 Å². The largest absolute Gasteiger partial charge is 0.265 e. The van der Waals surface area contributed by atoms with E-state index < -0.39 is 8.07 Å². The Labute approximate surface area is 158 Å². The molecule has 0 saturated heterocycles. The van der Waals surface area contributed by atoms with Crippen molar-refractivity contribution in [2.24, 2.45) is 0 Å². The van der Waals surface area contributed by atoms with E-state index in [1.54, 1.807) is 0 Å². The molecule has 4 aromatic rings. The molecule has 0 unspecified atom stereocenters. The fourth-order valence-corrected chi connectivity index (χ4v) is 9.33. The summed E-state index contributed by atoms with van der Waals surface area (Å²) in [6.07, 6.45) is 5.79. The van der Waals surface area contributed by atoms with Crippen LogP contribution in [0.5, 0.6) is 0 Å². The quantitative estimate of drug-likeness (QED) is 0.352. The smallest absolute Gasteiger partial charge is 0.183 e. The van der Waals surface area contributed by atoms with E-state index in [-0.39, 0.29) is 0 Å². The number of rotatable bonds is 2. The van der Waals surface area contributed by atoms with E-state index in [0.29, 0.717) is 5.15 Å². The Bertz CT molecular complexity index is 1050. The van der Waals surface area contributed by atoms with Gasteiger partial charge in [0, 0.05) is 18.6 Å². The highest BCUT2D eigenvalue weighted by Crippen LogP contribution is 2.27. The van der Waals surface area contributed by atoms with Crippen molar-refractivity contribution in [1.82, 2.24) is 9.97 Å². The maximum absolute atomic E-state index is 6.10. The van der Waals surface area contributed by atoms with Gasteiger partial charge < -0.3 is 0 Å². The molecule has 0 atom stereocenters. The van der Waals surface area contributed by atoms with E-state index in [1.807, 2.05) is 30.7 Å². The van der Waals surface area contributed by atoms with Gasteiger partial charge in [0.1, 0.15) is 5.15 Å². The van der Waals surface area contributed by atoms with Crippen molar-refractivity contribution in [1.29, 1.82) is 0 Å². The highest BCUT2D eigenvalue weighted by atomic mass is 35.5. The van der Waals surface area contributed by atoms with Crippen LogP contribution in [0.3, 0.4) is 0 Å². The molecule has 0 saturated carbocycles. The molecule has 124 valence electrons. The summed E-state index contributed by atoms with van der Waals surface area (Å²) in [7, 11) is -2.43. The van der Waals surface area contributed by atoms with Crippen molar-refractivity contribution in [2.75, 3.05) is 0 Å². The molecule has 0 amide bonds. The van der Waals surface area contributed by atoms with E-state index >= 15 is 0 Å². The topological polar surface area (TPSA) is 25.8 Å². The maximum Gasteiger partial charge on any atom is 0.183 e. The number of hydrogen-bond donors (Lipinski definition) is 0. The summed E-state index contributed by atoms with van der Waals surface area (Å²) in [5.41, 5.74) is 2.63. The van der Waals surface area contributed by atoms with Crippen molar-refractivity contribution in [3.05, 3.63) is 96.5 Å². The van der Waals surface area contributed by atoms with Gasteiger partial charge in [0.25, 0.3) is 0 Å². The van der Waals surface area contributed by atoms with Crippen molar-refractivity contribution in [3.8, 4) is 11.1 Å². The van der Waals surface area contributed by atoms with Crippen LogP contribution in [0.1, 0.15) is 0 Å². The van der Waals surface area contributed by atoms with Crippen LogP contribution in [-0.4, -0.2) is 18.0 Å². The van der Waals surface area contributed by atoms with Gasteiger partial charge in [-0.15, -0.1) is 0 Å². The first kappa shape index (κ1) is 15.5. The minimum Gasteiger partial charge on any atom is -0.265 e. The number of fused-ring (bicyclic) bond motifs is 3. The fraction of sp³-hybridized carbons (Fsp3) is 0. The number of aromatic nitrogens is 2. The molecule has 0 bridgehead atoms. The van der Waals surface area contributed by atoms with Gasteiger partial charge >= 0.3 is 0 Å². The molecular formula is C22H15ClN2Si. The first-order chi connectivity index (χ1) is 12.8. The van der Waals surface area contributed by atoms with Gasteiger partial charge in [-0.1, -0.05) is 72.3 Å². The predicted octanol–water partition coefficient (Wildman–Crippen LogP) is 2.49. The molecule has 0 aliphatic carbocycles. The Morgan fingerprint density at radius 1 is 0.654 bits per heavy atom. The second-order valence-corrected chi connectivity index (χ2v) is 10.6. The zero-order valence-corrected chi connectivity index (χ0v) is 15.7. The Balaban J connectivity index is 1.96. The molecule has 0 radical (unpaired) electrons. The predicted molar refractivity (Wildman–Crippen MR) is 110 cm³/mol. The Kier molecular flexibility index (Phi) is 3.52. The normalized spacial score (nSPS) is 13.9. The molecule has 0 spiro atoms. The van der Waals surface area contributed by atoms with Crippen LogP contribution in [0.2, 0.25) is 5.15 Å². The van der Waals surface area contributed by atoms with E-state index in [1.165, 1.54) is 31.9 Å². The second kappa shape index (κ2) is 5.90. The van der Waals surface area contributed by atoms with Crippen LogP contribution in [0.15, 0.2) is 91.4 Å². The van der Waals surface area contributed by atoms with Crippen molar-refractivity contribution < 1.29 is 0 Å². The lowest BCUT2D eigenvalue weighted by molar-refractivity contribution is 1.34. The molecule has 0 N–H and O–H groups in total. The number of benzene rings is 2. The van der Waals surface area contributed by atoms with Gasteiger partial charge in [0.05, 0.1) is 0 Å². The van der Waals surface area contributed by atoms with Crippen LogP contribution >= 0.6 is 11.6 Å². The summed E-state index contributed by atoms with van der Waals surface area (Å²) in [6.45, 7) is 0. The van der Waals surface area contributed by atoms with Crippen molar-refractivity contribution in [2.45, 2.75) is 0 Å². The molecule has 2 nitrogen and oxygen atoms in total. The first-order valence-electron chi connectivity index (χ1n) is 8.54. The monoisotopic (exact) mass is 370 g/mol. The lowest BCUT2D eigenvalue weighted by atomic mass is 10.1. The Morgan fingerprint density at radius 3 is 1.88 bits per heavy atom. The highest BCUT2D eigenvalue weighted by molar-refractivity contribution is 7.22. The summed E-state index contributed by atoms with van der Waals surface area (Å²) in [5, 5.41) is 5.79. The average Bonchev–Trinajstić information content (AvgIpc) is 3.01. The summed E-state index contributed by atoms with van der Waals surface area (Å²) in [4.78, 5) is 8.87. The number of nitrogens with zero attached hydrogens (tertiary/aromatic N) is 2. The minimum atomic E-state index is -2.43. The molecule has 2 aromatic carbocycles. The minimum absolute atomic E-state index is 0.517. The Morgan fingerprint density at radius 2 is 1.31 bits per heavy atom. The molecule has 1 aliphatic rings. The number of hydrogen-bond acceptors (Lipinski definition) is 2. The van der Waals surface area contributed by atoms with Crippen molar-refractivity contribution >= 4 is 40.4 Å². The first-order valence-corrected chi connectivity index (χ1v) is 10.9. The van der Waals surface area contributed by atoms with Gasteiger partial charge in [-0.05, 0) is 44.0 Å². The zero-order chi connectivity index (χ0) is 17.6. The van der Waals surface area contributed by atoms with Crippen LogP contribution in [0, 0.1) is 0 Å². The van der Waals surface area contributed by atoms with Gasteiger partial charge in [-0.25, -0.2) is 4.98 Å². The third kappa shape index (κ3) is 2.05. The average molecular weight is 371 g/mol. The van der Waals surface area contributed by atoms with Crippen LogP contribution in [0.25, 0.3) is 11.1 Å². The lowest BCUT2D eigenvalue weighted by Crippen LogP contribution is -2.73. The molecule has 3 heterocycles. The van der Waals surface area contributed by atoms with Gasteiger partial charge in [0.15, 0.2) is 8.07 Å². The summed E-state index contributed by atoms with van der Waals surface area (Å²) in [5.74, 6) is 0. The highest BCUT2D eigenvalue weighted by Gasteiger charge is 2.48. The standard InChI is InChI=1S/C22H15ClN2Si/c23-22-12-11-17(15-25-22)26(16-6-5-13-24-14-16)20-9-3-1-7-18(20)19-8-2-4-10-21(19)26/h1-15H. The molecular weight excluding hydrogens is 356 g/mol. The van der Waals surface area contributed by atoms with Crippen molar-refractivity contribution in [3.63, 3.8) is 0 Å². The van der Waals surface area contributed by atoms with E-state index in [0.717, 1.165) is 0 Å². The van der Waals surface area contributed by atoms with Gasteiger partial charge in [0.2, 0.25) is 0 Å². The summed E-state index contributed by atoms with van der Waals surface area (Å²) >= 11 is 6.10. The maximum atomic E-state index is 6.10. The Hall–Kier alpha value is -2.75. The van der Waals surface area contributed by atoms with Gasteiger partial charge in [-0.3, -0.25) is 4.98 Å². The number of pyridine rings is 2. The third-order valence-corrected chi connectivity index (χ3v) is 10.2. The van der Waals surface area contributed by atoms with Gasteiger partial charge in [-0.2, -0.15) is 0 Å². The van der Waals surface area contributed by atoms with Crippen LogP contribution in [0.4, 0.5) is 0 Å². The molecule has 1 aliphatic heterocycles. The molecule has 4 heteroatoms. The number of halogens is 1. The lowest BCUT2D eigenvalue weighted by Gasteiger charge is -2.30. The molecule has 5 rings (SSSR count). The molecule has 26 heavy (non-hydrogen) atoms. The molecule has 2 aromatic heterocycles. The summed E-state index contributed by atoms with van der Waals surface area (Å²) in [6, 6.07) is 25.7. The zero-order valence-electron chi connectivity index (χ0n) is 13.9. The van der Waals surface area contributed by atoms with E-state index in [2.05, 4.69) is 70.6 Å². The fourth-order valence-electron chi connectivity index (χ4n) is 4.21. The van der Waals surface area contributed by atoms with E-state index in [4.69, 9.17) is 11.6 Å². The molecule has 0 fully saturated rings. The van der Waals surface area contributed by atoms with Crippen LogP contribution < -0.4 is 20.7 Å². The third-order valence-electron chi connectivity index (χ3n) is 5.21. The van der Waals surface area contributed by atoms with Crippen LogP contribution in [-0.2, 0) is 0 Å². The summed E-state index contributed by atoms with van der Waals surface area (Å²) < 4.78 is 0.